The average Bonchev–Trinajstić information content (AvgIpc) is 2.93. The third-order valence-corrected chi connectivity index (χ3v) is 6.34. The number of thioether (sulfide) groups is 1. The molecule has 3 fully saturated rings. The summed E-state index contributed by atoms with van der Waals surface area (Å²) in [4.78, 5) is 0. The van der Waals surface area contributed by atoms with Gasteiger partial charge >= 0.3 is 0 Å². The smallest absolute Gasteiger partial charge is 0.0713 e. The van der Waals surface area contributed by atoms with Crippen molar-refractivity contribution in [3.63, 3.8) is 0 Å². The van der Waals surface area contributed by atoms with Crippen molar-refractivity contribution in [3.05, 3.63) is 0 Å². The third-order valence-electron chi connectivity index (χ3n) is 5.36. The van der Waals surface area contributed by atoms with E-state index in [2.05, 4.69) is 17.1 Å². The molecular formula is C16H29NOS. The van der Waals surface area contributed by atoms with E-state index < -0.39 is 0 Å². The number of hydrogen-bond donors (Lipinski definition) is 1. The number of nitrogens with one attached hydrogen (secondary N) is 1. The van der Waals surface area contributed by atoms with Crippen LogP contribution in [0.5, 0.6) is 0 Å². The van der Waals surface area contributed by atoms with Crippen LogP contribution in [0.15, 0.2) is 0 Å². The van der Waals surface area contributed by atoms with Crippen LogP contribution in [0, 0.1) is 5.92 Å². The molecule has 3 aliphatic rings. The zero-order valence-corrected chi connectivity index (χ0v) is 13.0. The van der Waals surface area contributed by atoms with E-state index in [0.717, 1.165) is 18.6 Å². The summed E-state index contributed by atoms with van der Waals surface area (Å²) in [5, 5.41) is 3.83. The van der Waals surface area contributed by atoms with Crippen LogP contribution in [-0.4, -0.2) is 36.3 Å². The van der Waals surface area contributed by atoms with E-state index in [1.807, 2.05) is 0 Å². The minimum absolute atomic E-state index is 0.245. The predicted molar refractivity (Wildman–Crippen MR) is 82.8 cm³/mol. The SMILES string of the molecule is C1CCC(CCNC2CCOC3(CCSCC3)C2)C1. The van der Waals surface area contributed by atoms with Crippen LogP contribution in [0.4, 0.5) is 0 Å². The molecule has 3 heteroatoms. The highest BCUT2D eigenvalue weighted by Crippen LogP contribution is 2.37. The second-order valence-electron chi connectivity index (χ2n) is 6.73. The highest BCUT2D eigenvalue weighted by atomic mass is 32.2. The minimum atomic E-state index is 0.245. The number of rotatable bonds is 4. The highest BCUT2D eigenvalue weighted by molar-refractivity contribution is 7.99. The summed E-state index contributed by atoms with van der Waals surface area (Å²) in [6, 6.07) is 0.721. The third kappa shape index (κ3) is 3.89. The molecule has 0 bridgehead atoms. The lowest BCUT2D eigenvalue weighted by molar-refractivity contribution is -0.0931. The largest absolute Gasteiger partial charge is 0.375 e. The molecule has 0 aromatic rings. The van der Waals surface area contributed by atoms with E-state index in [0.29, 0.717) is 0 Å². The van der Waals surface area contributed by atoms with Crippen molar-refractivity contribution in [3.8, 4) is 0 Å². The van der Waals surface area contributed by atoms with Gasteiger partial charge in [0.05, 0.1) is 5.60 Å². The van der Waals surface area contributed by atoms with Gasteiger partial charge < -0.3 is 10.1 Å². The Balaban J connectivity index is 1.40. The normalized spacial score (nSPS) is 31.9. The van der Waals surface area contributed by atoms with Crippen LogP contribution in [0.2, 0.25) is 0 Å². The Kier molecular flexibility index (Phi) is 5.10. The molecule has 1 spiro atoms. The quantitative estimate of drug-likeness (QED) is 0.852. The van der Waals surface area contributed by atoms with Crippen molar-refractivity contribution in [1.82, 2.24) is 5.32 Å². The van der Waals surface area contributed by atoms with E-state index in [9.17, 15) is 0 Å². The molecule has 0 radical (unpaired) electrons. The zero-order valence-electron chi connectivity index (χ0n) is 12.2. The first-order valence-electron chi connectivity index (χ1n) is 8.31. The van der Waals surface area contributed by atoms with Gasteiger partial charge in [-0.15, -0.1) is 0 Å². The van der Waals surface area contributed by atoms with Gasteiger partial charge in [-0.25, -0.2) is 0 Å². The molecule has 1 saturated carbocycles. The first-order chi connectivity index (χ1) is 9.36. The lowest BCUT2D eigenvalue weighted by Gasteiger charge is -2.43. The Labute approximate surface area is 122 Å². The monoisotopic (exact) mass is 283 g/mol. The summed E-state index contributed by atoms with van der Waals surface area (Å²) < 4.78 is 6.16. The van der Waals surface area contributed by atoms with Gasteiger partial charge in [-0.1, -0.05) is 25.7 Å². The Hall–Kier alpha value is 0.270. The molecule has 2 nitrogen and oxygen atoms in total. The summed E-state index contributed by atoms with van der Waals surface area (Å²) >= 11 is 2.10. The topological polar surface area (TPSA) is 21.3 Å². The molecule has 0 aromatic heterocycles. The van der Waals surface area contributed by atoms with Crippen molar-refractivity contribution < 1.29 is 4.74 Å². The van der Waals surface area contributed by atoms with Crippen LogP contribution in [0.25, 0.3) is 0 Å². The predicted octanol–water partition coefficient (Wildman–Crippen LogP) is 3.60. The molecule has 1 atom stereocenters. The fourth-order valence-corrected chi connectivity index (χ4v) is 5.32. The summed E-state index contributed by atoms with van der Waals surface area (Å²) in [7, 11) is 0. The van der Waals surface area contributed by atoms with Gasteiger partial charge in [-0.05, 0) is 56.1 Å². The van der Waals surface area contributed by atoms with Gasteiger partial charge in [0, 0.05) is 12.6 Å². The number of ether oxygens (including phenoxy) is 1. The van der Waals surface area contributed by atoms with E-state index in [1.165, 1.54) is 75.8 Å². The summed E-state index contributed by atoms with van der Waals surface area (Å²) in [5.74, 6) is 3.62. The molecule has 1 N–H and O–H groups in total. The van der Waals surface area contributed by atoms with E-state index in [-0.39, 0.29) is 5.60 Å². The maximum Gasteiger partial charge on any atom is 0.0713 e. The Morgan fingerprint density at radius 3 is 2.68 bits per heavy atom. The molecule has 110 valence electrons. The van der Waals surface area contributed by atoms with Crippen molar-refractivity contribution in [2.24, 2.45) is 5.92 Å². The van der Waals surface area contributed by atoms with Crippen LogP contribution >= 0.6 is 11.8 Å². The van der Waals surface area contributed by atoms with Gasteiger partial charge in [-0.2, -0.15) is 11.8 Å². The Morgan fingerprint density at radius 1 is 1.11 bits per heavy atom. The van der Waals surface area contributed by atoms with Crippen LogP contribution in [0.1, 0.15) is 57.8 Å². The first kappa shape index (κ1) is 14.2. The summed E-state index contributed by atoms with van der Waals surface area (Å²) in [5.41, 5.74) is 0.245. The second kappa shape index (κ2) is 6.82. The first-order valence-corrected chi connectivity index (χ1v) is 9.47. The fraction of sp³-hybridized carbons (Fsp3) is 1.00. The van der Waals surface area contributed by atoms with Crippen LogP contribution < -0.4 is 5.32 Å². The molecule has 1 aliphatic carbocycles. The Morgan fingerprint density at radius 2 is 1.89 bits per heavy atom. The van der Waals surface area contributed by atoms with Gasteiger partial charge in [-0.3, -0.25) is 0 Å². The molecule has 1 unspecified atom stereocenters. The molecular weight excluding hydrogens is 254 g/mol. The molecule has 19 heavy (non-hydrogen) atoms. The van der Waals surface area contributed by atoms with Crippen LogP contribution in [0.3, 0.4) is 0 Å². The zero-order chi connectivity index (χ0) is 13.0. The summed E-state index contributed by atoms with van der Waals surface area (Å²) in [6.07, 6.45) is 12.4. The maximum atomic E-state index is 6.16. The van der Waals surface area contributed by atoms with E-state index in [1.54, 1.807) is 0 Å². The molecule has 2 heterocycles. The van der Waals surface area contributed by atoms with Gasteiger partial charge in [0.2, 0.25) is 0 Å². The van der Waals surface area contributed by atoms with Crippen LogP contribution in [-0.2, 0) is 4.74 Å². The fourth-order valence-electron chi connectivity index (χ4n) is 4.08. The maximum absolute atomic E-state index is 6.16. The van der Waals surface area contributed by atoms with Crippen molar-refractivity contribution in [2.45, 2.75) is 69.4 Å². The average molecular weight is 283 g/mol. The lowest BCUT2D eigenvalue weighted by Crippen LogP contribution is -2.49. The molecule has 2 aliphatic heterocycles. The van der Waals surface area contributed by atoms with Crippen molar-refractivity contribution in [2.75, 3.05) is 24.7 Å². The van der Waals surface area contributed by atoms with Gasteiger partial charge in [0.15, 0.2) is 0 Å². The van der Waals surface area contributed by atoms with Crippen molar-refractivity contribution in [1.29, 1.82) is 0 Å². The Bertz CT molecular complexity index is 266. The lowest BCUT2D eigenvalue weighted by atomic mass is 9.85. The molecule has 3 rings (SSSR count). The minimum Gasteiger partial charge on any atom is -0.375 e. The van der Waals surface area contributed by atoms with Gasteiger partial charge in [0.1, 0.15) is 0 Å². The molecule has 0 amide bonds. The summed E-state index contributed by atoms with van der Waals surface area (Å²) in [6.45, 7) is 2.21. The molecule has 2 saturated heterocycles. The number of hydrogen-bond acceptors (Lipinski definition) is 3. The van der Waals surface area contributed by atoms with Crippen molar-refractivity contribution >= 4 is 11.8 Å². The highest BCUT2D eigenvalue weighted by Gasteiger charge is 2.38. The van der Waals surface area contributed by atoms with Gasteiger partial charge in [0.25, 0.3) is 0 Å². The molecule has 0 aromatic carbocycles. The van der Waals surface area contributed by atoms with E-state index in [4.69, 9.17) is 4.74 Å². The second-order valence-corrected chi connectivity index (χ2v) is 7.95. The van der Waals surface area contributed by atoms with E-state index >= 15 is 0 Å². The standard InChI is InChI=1S/C16H29NOS/c1-2-4-14(3-1)5-9-17-15-6-10-18-16(13-15)7-11-19-12-8-16/h14-15,17H,1-13H2.